The summed E-state index contributed by atoms with van der Waals surface area (Å²) in [5, 5.41) is 2.43. The Balaban J connectivity index is 3.51. The highest BCUT2D eigenvalue weighted by Gasteiger charge is 2.02. The van der Waals surface area contributed by atoms with Crippen LogP contribution in [0.2, 0.25) is 0 Å². The first kappa shape index (κ1) is 10.8. The van der Waals surface area contributed by atoms with Crippen molar-refractivity contribution in [1.29, 1.82) is 0 Å². The third-order valence-electron chi connectivity index (χ3n) is 0.863. The van der Waals surface area contributed by atoms with Crippen LogP contribution in [0.25, 0.3) is 0 Å². The van der Waals surface area contributed by atoms with Gasteiger partial charge < -0.3 is 5.32 Å². The highest BCUT2D eigenvalue weighted by Crippen LogP contribution is 2.06. The molecule has 66 valence electrons. The molecule has 0 heterocycles. The van der Waals surface area contributed by atoms with Crippen LogP contribution in [-0.2, 0) is 13.7 Å². The second-order valence-corrected chi connectivity index (χ2v) is 6.38. The van der Waals surface area contributed by atoms with Crippen LogP contribution in [0.15, 0.2) is 0 Å². The topological polar surface area (TPSA) is 63.2 Å². The summed E-state index contributed by atoms with van der Waals surface area (Å²) >= 11 is 0. The Morgan fingerprint density at radius 1 is 1.55 bits per heavy atom. The predicted molar refractivity (Wildman–Crippen MR) is 45.7 cm³/mol. The second-order valence-electron chi connectivity index (χ2n) is 1.92. The van der Waals surface area contributed by atoms with Crippen molar-refractivity contribution >= 4 is 25.6 Å². The van der Waals surface area contributed by atoms with E-state index in [4.69, 9.17) is 0 Å². The molecule has 0 aliphatic rings. The Hall–Kier alpha value is -0.230. The van der Waals surface area contributed by atoms with Gasteiger partial charge in [0.15, 0.2) is 8.87 Å². The first-order valence-corrected chi connectivity index (χ1v) is 6.46. The average Bonchev–Trinajstić information content (AvgIpc) is 1.85. The van der Waals surface area contributed by atoms with Crippen LogP contribution in [0, 0.1) is 0 Å². The average molecular weight is 197 g/mol. The molecule has 0 unspecified atom stereocenters. The molecule has 0 aromatic heterocycles. The molecule has 1 N–H and O–H groups in total. The van der Waals surface area contributed by atoms with Gasteiger partial charge in [-0.3, -0.25) is 4.79 Å². The van der Waals surface area contributed by atoms with Crippen molar-refractivity contribution in [2.45, 2.75) is 13.3 Å². The summed E-state index contributed by atoms with van der Waals surface area (Å²) in [7, 11) is -2.31. The fourth-order valence-electron chi connectivity index (χ4n) is 0.342. The number of amides is 1. The maximum Gasteiger partial charge on any atom is 0.220 e. The lowest BCUT2D eigenvalue weighted by atomic mass is 10.5. The summed E-state index contributed by atoms with van der Waals surface area (Å²) in [6.45, 7) is 1.71. The molecule has 11 heavy (non-hydrogen) atoms. The molecule has 0 bridgehead atoms. The minimum atomic E-state index is -3.03. The van der Waals surface area contributed by atoms with Gasteiger partial charge in [-0.05, 0) is 10.8 Å². The van der Waals surface area contributed by atoms with E-state index in [-0.39, 0.29) is 11.8 Å². The van der Waals surface area contributed by atoms with Gasteiger partial charge in [-0.15, -0.1) is 0 Å². The van der Waals surface area contributed by atoms with Gasteiger partial charge in [-0.25, -0.2) is 8.42 Å². The number of hydrogen-bond acceptors (Lipinski definition) is 4. The lowest BCUT2D eigenvalue weighted by Crippen LogP contribution is -2.22. The van der Waals surface area contributed by atoms with E-state index < -0.39 is 8.87 Å². The van der Waals surface area contributed by atoms with E-state index in [2.05, 4.69) is 5.32 Å². The molecule has 0 aromatic rings. The molecule has 6 heteroatoms. The maximum absolute atomic E-state index is 10.6. The third-order valence-corrected chi connectivity index (χ3v) is 3.19. The zero-order valence-corrected chi connectivity index (χ0v) is 8.09. The van der Waals surface area contributed by atoms with Crippen LogP contribution >= 0.6 is 10.8 Å². The fourth-order valence-corrected chi connectivity index (χ4v) is 1.59. The van der Waals surface area contributed by atoms with Crippen molar-refractivity contribution in [2.75, 3.05) is 12.1 Å². The highest BCUT2D eigenvalue weighted by molar-refractivity contribution is 8.71. The molecule has 0 saturated carbocycles. The SMILES string of the molecule is CCC(=O)NCSS(C)(=O)=O. The first-order chi connectivity index (χ1) is 4.95. The normalized spacial score (nSPS) is 11.1. The van der Waals surface area contributed by atoms with Gasteiger partial charge in [0.25, 0.3) is 0 Å². The van der Waals surface area contributed by atoms with Crippen molar-refractivity contribution in [1.82, 2.24) is 5.32 Å². The first-order valence-electron chi connectivity index (χ1n) is 3.07. The van der Waals surface area contributed by atoms with Gasteiger partial charge in [0.1, 0.15) is 0 Å². The van der Waals surface area contributed by atoms with Crippen molar-refractivity contribution in [3.63, 3.8) is 0 Å². The summed E-state index contributed by atoms with van der Waals surface area (Å²) in [6.07, 6.45) is 1.49. The molecule has 0 saturated heterocycles. The van der Waals surface area contributed by atoms with Gasteiger partial charge in [0, 0.05) is 12.7 Å². The molecule has 0 aliphatic heterocycles. The van der Waals surface area contributed by atoms with Crippen LogP contribution in [0.5, 0.6) is 0 Å². The largest absolute Gasteiger partial charge is 0.346 e. The smallest absolute Gasteiger partial charge is 0.220 e. The molecule has 0 rings (SSSR count). The molecule has 0 aliphatic carbocycles. The standard InChI is InChI=1S/C5H11NO3S2/c1-3-5(7)6-4-10-11(2,8)9/h3-4H2,1-2H3,(H,6,7). The minimum Gasteiger partial charge on any atom is -0.346 e. The number of hydrogen-bond donors (Lipinski definition) is 1. The van der Waals surface area contributed by atoms with Gasteiger partial charge >= 0.3 is 0 Å². The van der Waals surface area contributed by atoms with Crippen LogP contribution in [-0.4, -0.2) is 26.5 Å². The second kappa shape index (κ2) is 4.61. The summed E-state index contributed by atoms with van der Waals surface area (Å²) < 4.78 is 21.0. The van der Waals surface area contributed by atoms with E-state index in [1.165, 1.54) is 0 Å². The van der Waals surface area contributed by atoms with E-state index >= 15 is 0 Å². The Kier molecular flexibility index (Phi) is 4.51. The van der Waals surface area contributed by atoms with Crippen LogP contribution < -0.4 is 5.32 Å². The molecule has 0 radical (unpaired) electrons. The molecular weight excluding hydrogens is 186 g/mol. The van der Waals surface area contributed by atoms with E-state index in [9.17, 15) is 13.2 Å². The lowest BCUT2D eigenvalue weighted by Gasteiger charge is -1.99. The molecule has 0 fully saturated rings. The van der Waals surface area contributed by atoms with Crippen LogP contribution in [0.3, 0.4) is 0 Å². The van der Waals surface area contributed by atoms with E-state index in [0.717, 1.165) is 17.0 Å². The van der Waals surface area contributed by atoms with Crippen LogP contribution in [0.1, 0.15) is 13.3 Å². The van der Waals surface area contributed by atoms with E-state index in [1.807, 2.05) is 0 Å². The number of rotatable bonds is 4. The molecule has 0 spiro atoms. The van der Waals surface area contributed by atoms with E-state index in [1.54, 1.807) is 6.92 Å². The number of carbonyl (C=O) groups excluding carboxylic acids is 1. The highest BCUT2D eigenvalue weighted by atomic mass is 33.1. The van der Waals surface area contributed by atoms with E-state index in [0.29, 0.717) is 6.42 Å². The molecule has 1 amide bonds. The quantitative estimate of drug-likeness (QED) is 0.515. The summed E-state index contributed by atoms with van der Waals surface area (Å²) in [6, 6.07) is 0. The molecule has 0 atom stereocenters. The third kappa shape index (κ3) is 7.67. The Morgan fingerprint density at radius 2 is 2.09 bits per heavy atom. The van der Waals surface area contributed by atoms with Crippen LogP contribution in [0.4, 0.5) is 0 Å². The van der Waals surface area contributed by atoms with Gasteiger partial charge in [-0.2, -0.15) is 0 Å². The van der Waals surface area contributed by atoms with Gasteiger partial charge in [0.05, 0.1) is 5.88 Å². The Bertz CT molecular complexity index is 222. The van der Waals surface area contributed by atoms with Crippen molar-refractivity contribution < 1.29 is 13.2 Å². The summed E-state index contributed by atoms with van der Waals surface area (Å²) in [5.41, 5.74) is 0. The molecular formula is C5H11NO3S2. The minimum absolute atomic E-state index is 0.130. The molecule has 0 aromatic carbocycles. The zero-order valence-electron chi connectivity index (χ0n) is 6.46. The predicted octanol–water partition coefficient (Wildman–Crippen LogP) is 0.163. The van der Waals surface area contributed by atoms with Gasteiger partial charge in [0.2, 0.25) is 5.91 Å². The maximum atomic E-state index is 10.6. The number of carbonyl (C=O) groups is 1. The lowest BCUT2D eigenvalue weighted by molar-refractivity contribution is -0.120. The molecule has 4 nitrogen and oxygen atoms in total. The van der Waals surface area contributed by atoms with Gasteiger partial charge in [-0.1, -0.05) is 6.92 Å². The number of nitrogens with one attached hydrogen (secondary N) is 1. The van der Waals surface area contributed by atoms with Crippen molar-refractivity contribution in [2.24, 2.45) is 0 Å². The summed E-state index contributed by atoms with van der Waals surface area (Å²) in [4.78, 5) is 10.6. The Morgan fingerprint density at radius 3 is 2.45 bits per heavy atom. The Labute approximate surface area is 70.1 Å². The summed E-state index contributed by atoms with van der Waals surface area (Å²) in [5.74, 6) is -0.00736. The van der Waals surface area contributed by atoms with Crippen molar-refractivity contribution in [3.8, 4) is 0 Å². The fraction of sp³-hybridized carbons (Fsp3) is 0.800. The zero-order chi connectivity index (χ0) is 8.91. The van der Waals surface area contributed by atoms with Crippen molar-refractivity contribution in [3.05, 3.63) is 0 Å². The monoisotopic (exact) mass is 197 g/mol.